The molecule has 1 aliphatic rings. The lowest BCUT2D eigenvalue weighted by atomic mass is 10.2. The standard InChI is InChI=1S/C16H15BrN2O5S2/c1-11-10-25(21,22)19(16(11)20)14-6-8-15(9-7-14)26(23,24)18-13-4-2-12(17)3-5-13/h2-9,11,18H,10H2,1H3. The highest BCUT2D eigenvalue weighted by molar-refractivity contribution is 9.10. The average molecular weight is 459 g/mol. The van der Waals surface area contributed by atoms with Gasteiger partial charge in [-0.15, -0.1) is 0 Å². The van der Waals surface area contributed by atoms with Gasteiger partial charge in [-0.2, -0.15) is 0 Å². The fourth-order valence-electron chi connectivity index (χ4n) is 2.58. The molecule has 138 valence electrons. The van der Waals surface area contributed by atoms with Crippen LogP contribution in [0, 0.1) is 5.92 Å². The predicted octanol–water partition coefficient (Wildman–Crippen LogP) is 2.56. The van der Waals surface area contributed by atoms with Crippen molar-refractivity contribution in [2.24, 2.45) is 5.92 Å². The van der Waals surface area contributed by atoms with Gasteiger partial charge in [0.2, 0.25) is 15.9 Å². The van der Waals surface area contributed by atoms with Crippen LogP contribution in [0.25, 0.3) is 0 Å². The van der Waals surface area contributed by atoms with Crippen molar-refractivity contribution < 1.29 is 21.6 Å². The van der Waals surface area contributed by atoms with Gasteiger partial charge >= 0.3 is 0 Å². The van der Waals surface area contributed by atoms with E-state index in [9.17, 15) is 21.6 Å². The number of carbonyl (C=O) groups is 1. The van der Waals surface area contributed by atoms with Crippen LogP contribution in [-0.2, 0) is 24.8 Å². The molecule has 1 heterocycles. The van der Waals surface area contributed by atoms with Crippen molar-refractivity contribution in [3.63, 3.8) is 0 Å². The number of hydrogen-bond donors (Lipinski definition) is 1. The third-order valence-corrected chi connectivity index (χ3v) is 7.63. The zero-order chi connectivity index (χ0) is 19.1. The molecule has 0 aliphatic carbocycles. The van der Waals surface area contributed by atoms with Crippen molar-refractivity contribution in [2.45, 2.75) is 11.8 Å². The maximum Gasteiger partial charge on any atom is 0.261 e. The first kappa shape index (κ1) is 18.9. The minimum absolute atomic E-state index is 0.0405. The Morgan fingerprint density at radius 1 is 1.08 bits per heavy atom. The summed E-state index contributed by atoms with van der Waals surface area (Å²) in [6.07, 6.45) is 0. The third-order valence-electron chi connectivity index (χ3n) is 3.84. The lowest BCUT2D eigenvalue weighted by Crippen LogP contribution is -2.30. The normalized spacial score (nSPS) is 19.5. The van der Waals surface area contributed by atoms with Gasteiger partial charge in [0, 0.05) is 10.2 Å². The van der Waals surface area contributed by atoms with E-state index in [1.54, 1.807) is 31.2 Å². The van der Waals surface area contributed by atoms with E-state index in [0.29, 0.717) is 5.69 Å². The minimum atomic E-state index is -3.84. The highest BCUT2D eigenvalue weighted by Gasteiger charge is 2.41. The first-order valence-electron chi connectivity index (χ1n) is 7.55. The van der Waals surface area contributed by atoms with E-state index < -0.39 is 31.9 Å². The molecule has 3 rings (SSSR count). The summed E-state index contributed by atoms with van der Waals surface area (Å²) in [7, 11) is -7.56. The highest BCUT2D eigenvalue weighted by Crippen LogP contribution is 2.29. The van der Waals surface area contributed by atoms with Crippen molar-refractivity contribution in [1.29, 1.82) is 0 Å². The molecular weight excluding hydrogens is 444 g/mol. The number of nitrogens with zero attached hydrogens (tertiary/aromatic N) is 1. The minimum Gasteiger partial charge on any atom is -0.280 e. The Hall–Kier alpha value is -1.91. The van der Waals surface area contributed by atoms with Crippen LogP contribution in [0.15, 0.2) is 57.9 Å². The van der Waals surface area contributed by atoms with Gasteiger partial charge in [-0.1, -0.05) is 22.9 Å². The van der Waals surface area contributed by atoms with Crippen LogP contribution in [0.4, 0.5) is 11.4 Å². The Balaban J connectivity index is 1.87. The second-order valence-corrected chi connectivity index (χ2v) is 10.3. The number of benzene rings is 2. The molecule has 0 spiro atoms. The number of amides is 1. The van der Waals surface area contributed by atoms with Gasteiger partial charge in [-0.3, -0.25) is 9.52 Å². The maximum atomic E-state index is 12.4. The first-order valence-corrected chi connectivity index (χ1v) is 11.4. The monoisotopic (exact) mass is 458 g/mol. The van der Waals surface area contributed by atoms with Gasteiger partial charge < -0.3 is 0 Å². The topological polar surface area (TPSA) is 101 Å². The SMILES string of the molecule is CC1CS(=O)(=O)N(c2ccc(S(=O)(=O)Nc3ccc(Br)cc3)cc2)C1=O. The van der Waals surface area contributed by atoms with Crippen LogP contribution in [0.5, 0.6) is 0 Å². The van der Waals surface area contributed by atoms with Crippen molar-refractivity contribution >= 4 is 53.3 Å². The van der Waals surface area contributed by atoms with E-state index in [0.717, 1.165) is 8.78 Å². The maximum absolute atomic E-state index is 12.4. The van der Waals surface area contributed by atoms with Gasteiger partial charge in [0.25, 0.3) is 10.0 Å². The summed E-state index contributed by atoms with van der Waals surface area (Å²) in [4.78, 5) is 12.0. The molecule has 0 bridgehead atoms. The van der Waals surface area contributed by atoms with E-state index in [-0.39, 0.29) is 16.3 Å². The first-order chi connectivity index (χ1) is 12.1. The molecule has 1 atom stereocenters. The van der Waals surface area contributed by atoms with Gasteiger partial charge in [0.1, 0.15) is 0 Å². The van der Waals surface area contributed by atoms with E-state index in [2.05, 4.69) is 20.7 Å². The molecule has 1 N–H and O–H groups in total. The van der Waals surface area contributed by atoms with E-state index in [4.69, 9.17) is 0 Å². The third kappa shape index (κ3) is 3.62. The molecule has 1 unspecified atom stereocenters. The smallest absolute Gasteiger partial charge is 0.261 e. The van der Waals surface area contributed by atoms with Crippen molar-refractivity contribution in [3.05, 3.63) is 53.0 Å². The predicted molar refractivity (Wildman–Crippen MR) is 102 cm³/mol. The van der Waals surface area contributed by atoms with Crippen molar-refractivity contribution in [2.75, 3.05) is 14.8 Å². The molecule has 1 amide bonds. The van der Waals surface area contributed by atoms with Crippen LogP contribution in [-0.4, -0.2) is 28.5 Å². The summed E-state index contributed by atoms with van der Waals surface area (Å²) >= 11 is 3.27. The molecule has 1 aliphatic heterocycles. The van der Waals surface area contributed by atoms with E-state index in [1.807, 2.05) is 0 Å². The van der Waals surface area contributed by atoms with Crippen LogP contribution in [0.1, 0.15) is 6.92 Å². The summed E-state index contributed by atoms with van der Waals surface area (Å²) < 4.78 is 53.1. The highest BCUT2D eigenvalue weighted by atomic mass is 79.9. The molecule has 0 radical (unpaired) electrons. The van der Waals surface area contributed by atoms with Crippen LogP contribution in [0.2, 0.25) is 0 Å². The quantitative estimate of drug-likeness (QED) is 0.758. The number of sulfonamides is 2. The number of rotatable bonds is 4. The molecule has 1 fully saturated rings. The zero-order valence-electron chi connectivity index (χ0n) is 13.6. The number of halogens is 1. The molecule has 2 aromatic rings. The van der Waals surface area contributed by atoms with Crippen molar-refractivity contribution in [1.82, 2.24) is 0 Å². The number of carbonyl (C=O) groups excluding carboxylic acids is 1. The van der Waals surface area contributed by atoms with Crippen LogP contribution >= 0.6 is 15.9 Å². The summed E-state index contributed by atoms with van der Waals surface area (Å²) in [6, 6.07) is 11.8. The fraction of sp³-hybridized carbons (Fsp3) is 0.188. The number of anilines is 2. The fourth-order valence-corrected chi connectivity index (χ4v) is 5.72. The molecule has 1 saturated heterocycles. The Morgan fingerprint density at radius 3 is 2.15 bits per heavy atom. The van der Waals surface area contributed by atoms with E-state index in [1.165, 1.54) is 24.3 Å². The van der Waals surface area contributed by atoms with Gasteiger partial charge in [0.15, 0.2) is 0 Å². The molecule has 26 heavy (non-hydrogen) atoms. The summed E-state index contributed by atoms with van der Waals surface area (Å²) in [5.74, 6) is -1.40. The molecule has 10 heteroatoms. The van der Waals surface area contributed by atoms with Crippen molar-refractivity contribution in [3.8, 4) is 0 Å². The largest absolute Gasteiger partial charge is 0.280 e. The van der Waals surface area contributed by atoms with Crippen LogP contribution in [0.3, 0.4) is 0 Å². The molecular formula is C16H15BrN2O5S2. The Bertz CT molecular complexity index is 1050. The molecule has 7 nitrogen and oxygen atoms in total. The Kier molecular flexibility index (Phi) is 4.84. The summed E-state index contributed by atoms with van der Waals surface area (Å²) in [5, 5.41) is 0. The average Bonchev–Trinajstić information content (AvgIpc) is 2.77. The summed E-state index contributed by atoms with van der Waals surface area (Å²) in [5.41, 5.74) is 0.519. The molecule has 0 saturated carbocycles. The van der Waals surface area contributed by atoms with E-state index >= 15 is 0 Å². The summed E-state index contributed by atoms with van der Waals surface area (Å²) in [6.45, 7) is 1.54. The Labute approximate surface area is 160 Å². The second kappa shape index (κ2) is 6.67. The lowest BCUT2D eigenvalue weighted by molar-refractivity contribution is -0.119. The number of hydrogen-bond acceptors (Lipinski definition) is 5. The van der Waals surface area contributed by atoms with Gasteiger partial charge in [-0.05, 0) is 48.5 Å². The molecule has 2 aromatic carbocycles. The van der Waals surface area contributed by atoms with Crippen LogP contribution < -0.4 is 9.03 Å². The van der Waals surface area contributed by atoms with Gasteiger partial charge in [-0.25, -0.2) is 21.1 Å². The number of nitrogens with one attached hydrogen (secondary N) is 1. The molecule has 0 aromatic heterocycles. The Morgan fingerprint density at radius 2 is 1.65 bits per heavy atom. The zero-order valence-corrected chi connectivity index (χ0v) is 16.8. The lowest BCUT2D eigenvalue weighted by Gasteiger charge is -2.16. The van der Waals surface area contributed by atoms with Gasteiger partial charge in [0.05, 0.1) is 22.3 Å². The second-order valence-electron chi connectivity index (χ2n) is 5.89.